The van der Waals surface area contributed by atoms with Crippen molar-refractivity contribution in [1.29, 1.82) is 0 Å². The quantitative estimate of drug-likeness (QED) is 0.834. The van der Waals surface area contributed by atoms with E-state index in [9.17, 15) is 0 Å². The van der Waals surface area contributed by atoms with E-state index >= 15 is 0 Å². The first-order chi connectivity index (χ1) is 7.63. The highest BCUT2D eigenvalue weighted by Crippen LogP contribution is 2.41. The van der Waals surface area contributed by atoms with Gasteiger partial charge in [-0.25, -0.2) is 4.98 Å². The van der Waals surface area contributed by atoms with Gasteiger partial charge in [-0.2, -0.15) is 0 Å². The van der Waals surface area contributed by atoms with Crippen LogP contribution in [0.2, 0.25) is 5.02 Å². The Bertz CT molecular complexity index is 381. The highest BCUT2D eigenvalue weighted by Gasteiger charge is 2.34. The van der Waals surface area contributed by atoms with Crippen LogP contribution in [0.3, 0.4) is 0 Å². The topological polar surface area (TPSA) is 50.9 Å². The summed E-state index contributed by atoms with van der Waals surface area (Å²) >= 11 is 5.98. The summed E-state index contributed by atoms with van der Waals surface area (Å²) in [6.45, 7) is 2.26. The molecule has 3 nitrogen and oxygen atoms in total. The Morgan fingerprint density at radius 1 is 1.50 bits per heavy atom. The van der Waals surface area contributed by atoms with Gasteiger partial charge in [0.2, 0.25) is 0 Å². The highest BCUT2D eigenvalue weighted by molar-refractivity contribution is 6.30. The zero-order valence-electron chi connectivity index (χ0n) is 9.70. The second kappa shape index (κ2) is 4.60. The summed E-state index contributed by atoms with van der Waals surface area (Å²) < 4.78 is 0. The molecule has 1 fully saturated rings. The van der Waals surface area contributed by atoms with Crippen molar-refractivity contribution >= 4 is 17.4 Å². The summed E-state index contributed by atoms with van der Waals surface area (Å²) in [6.07, 6.45) is 3.95. The van der Waals surface area contributed by atoms with Crippen LogP contribution in [0, 0.1) is 5.92 Å². The van der Waals surface area contributed by atoms with Gasteiger partial charge in [0.25, 0.3) is 0 Å². The van der Waals surface area contributed by atoms with Crippen molar-refractivity contribution in [2.24, 2.45) is 5.92 Å². The number of nitrogens with one attached hydrogen (secondary N) is 1. The summed E-state index contributed by atoms with van der Waals surface area (Å²) in [5, 5.41) is 4.02. The molecule has 0 aliphatic heterocycles. The second-order valence-electron chi connectivity index (χ2n) is 4.57. The number of nitrogens with zero attached hydrogens (tertiary/aromatic N) is 1. The number of pyridine rings is 1. The predicted molar refractivity (Wildman–Crippen MR) is 67.6 cm³/mol. The molecule has 88 valence electrons. The van der Waals surface area contributed by atoms with Crippen molar-refractivity contribution in [2.75, 3.05) is 12.8 Å². The molecule has 1 aliphatic carbocycles. The Morgan fingerprint density at radius 3 is 2.88 bits per heavy atom. The van der Waals surface area contributed by atoms with Crippen LogP contribution in [-0.4, -0.2) is 18.1 Å². The minimum atomic E-state index is 0.476. The summed E-state index contributed by atoms with van der Waals surface area (Å²) in [4.78, 5) is 4.13. The predicted octanol–water partition coefficient (Wildman–Crippen LogP) is 2.42. The summed E-state index contributed by atoms with van der Waals surface area (Å²) in [5.41, 5.74) is 7.04. The molecule has 1 heterocycles. The lowest BCUT2D eigenvalue weighted by Gasteiger charge is -2.21. The summed E-state index contributed by atoms with van der Waals surface area (Å²) in [5.74, 6) is 1.68. The van der Waals surface area contributed by atoms with E-state index in [1.54, 1.807) is 6.20 Å². The number of hydrogen-bond acceptors (Lipinski definition) is 3. The lowest BCUT2D eigenvalue weighted by Crippen LogP contribution is -2.29. The van der Waals surface area contributed by atoms with Gasteiger partial charge in [0, 0.05) is 12.2 Å². The molecule has 0 bridgehead atoms. The van der Waals surface area contributed by atoms with Gasteiger partial charge >= 0.3 is 0 Å². The van der Waals surface area contributed by atoms with Crippen molar-refractivity contribution in [3.05, 3.63) is 22.8 Å². The molecule has 1 aromatic rings. The fourth-order valence-electron chi connectivity index (χ4n) is 2.77. The number of halogens is 1. The van der Waals surface area contributed by atoms with Crippen LogP contribution >= 0.6 is 11.6 Å². The van der Waals surface area contributed by atoms with E-state index in [0.717, 1.165) is 12.0 Å². The lowest BCUT2D eigenvalue weighted by molar-refractivity contribution is 0.429. The number of nitrogen functional groups attached to an aromatic ring is 1. The molecule has 1 saturated carbocycles. The van der Waals surface area contributed by atoms with Crippen molar-refractivity contribution in [3.8, 4) is 0 Å². The molecule has 1 aliphatic rings. The first-order valence-corrected chi connectivity index (χ1v) is 6.09. The van der Waals surface area contributed by atoms with Crippen LogP contribution < -0.4 is 11.1 Å². The molecule has 0 radical (unpaired) electrons. The number of nitrogens with two attached hydrogens (primary N) is 1. The van der Waals surface area contributed by atoms with E-state index in [2.05, 4.69) is 17.2 Å². The minimum Gasteiger partial charge on any atom is -0.383 e. The van der Waals surface area contributed by atoms with Crippen LogP contribution in [0.1, 0.15) is 31.2 Å². The lowest BCUT2D eigenvalue weighted by atomic mass is 9.89. The van der Waals surface area contributed by atoms with Crippen LogP contribution in [0.5, 0.6) is 0 Å². The molecule has 0 amide bonds. The smallest absolute Gasteiger partial charge is 0.126 e. The molecule has 0 saturated heterocycles. The molecule has 4 heteroatoms. The molecule has 3 N–H and O–H groups in total. The third-order valence-electron chi connectivity index (χ3n) is 3.74. The van der Waals surface area contributed by atoms with Crippen molar-refractivity contribution in [2.45, 2.75) is 31.7 Å². The van der Waals surface area contributed by atoms with Crippen molar-refractivity contribution in [1.82, 2.24) is 10.3 Å². The number of hydrogen-bond donors (Lipinski definition) is 2. The first kappa shape index (κ1) is 11.7. The van der Waals surface area contributed by atoms with E-state index in [4.69, 9.17) is 17.3 Å². The number of aromatic nitrogens is 1. The molecular formula is C12H18ClN3. The Kier molecular flexibility index (Phi) is 3.36. The van der Waals surface area contributed by atoms with Crippen molar-refractivity contribution < 1.29 is 0 Å². The average Bonchev–Trinajstić information content (AvgIpc) is 2.63. The summed E-state index contributed by atoms with van der Waals surface area (Å²) in [7, 11) is 2.02. The van der Waals surface area contributed by atoms with E-state index < -0.39 is 0 Å². The van der Waals surface area contributed by atoms with Gasteiger partial charge in [0.15, 0.2) is 0 Å². The van der Waals surface area contributed by atoms with E-state index in [1.165, 1.54) is 6.42 Å². The molecule has 2 rings (SSSR count). The van der Waals surface area contributed by atoms with Gasteiger partial charge in [-0.05, 0) is 43.4 Å². The van der Waals surface area contributed by atoms with Gasteiger partial charge in [0.1, 0.15) is 5.82 Å². The Hall–Kier alpha value is -0.800. The van der Waals surface area contributed by atoms with E-state index in [1.807, 2.05) is 13.1 Å². The SMILES string of the molecule is CNC1CCC(c2cc(Cl)cnc2N)C1C. The third-order valence-corrected chi connectivity index (χ3v) is 3.95. The summed E-state index contributed by atoms with van der Waals surface area (Å²) in [6, 6.07) is 2.53. The normalized spacial score (nSPS) is 29.6. The standard InChI is InChI=1S/C12H18ClN3/c1-7-9(3-4-11(7)15-2)10-5-8(13)6-16-12(10)14/h5-7,9,11,15H,3-4H2,1-2H3,(H2,14,16). The van der Waals surface area contributed by atoms with Gasteiger partial charge in [-0.15, -0.1) is 0 Å². The average molecular weight is 240 g/mol. The Morgan fingerprint density at radius 2 is 2.25 bits per heavy atom. The van der Waals surface area contributed by atoms with Gasteiger partial charge < -0.3 is 11.1 Å². The monoisotopic (exact) mass is 239 g/mol. The maximum atomic E-state index is 5.98. The molecule has 3 atom stereocenters. The maximum absolute atomic E-state index is 5.98. The molecule has 16 heavy (non-hydrogen) atoms. The van der Waals surface area contributed by atoms with Gasteiger partial charge in [0.05, 0.1) is 5.02 Å². The zero-order valence-corrected chi connectivity index (χ0v) is 10.5. The Labute approximate surface area is 101 Å². The van der Waals surface area contributed by atoms with Crippen LogP contribution in [0.4, 0.5) is 5.82 Å². The fraction of sp³-hybridized carbons (Fsp3) is 0.583. The molecule has 0 aromatic carbocycles. The molecule has 1 aromatic heterocycles. The zero-order chi connectivity index (χ0) is 11.7. The van der Waals surface area contributed by atoms with Gasteiger partial charge in [-0.1, -0.05) is 18.5 Å². The Balaban J connectivity index is 2.28. The highest BCUT2D eigenvalue weighted by atomic mass is 35.5. The van der Waals surface area contributed by atoms with Gasteiger partial charge in [-0.3, -0.25) is 0 Å². The van der Waals surface area contributed by atoms with Crippen molar-refractivity contribution in [3.63, 3.8) is 0 Å². The minimum absolute atomic E-state index is 0.476. The third kappa shape index (κ3) is 2.02. The maximum Gasteiger partial charge on any atom is 0.126 e. The number of rotatable bonds is 2. The first-order valence-electron chi connectivity index (χ1n) is 5.71. The second-order valence-corrected chi connectivity index (χ2v) is 5.00. The van der Waals surface area contributed by atoms with E-state index in [-0.39, 0.29) is 0 Å². The molecule has 0 spiro atoms. The molecular weight excluding hydrogens is 222 g/mol. The fourth-order valence-corrected chi connectivity index (χ4v) is 2.94. The van der Waals surface area contributed by atoms with Crippen LogP contribution in [0.25, 0.3) is 0 Å². The number of anilines is 1. The van der Waals surface area contributed by atoms with Crippen LogP contribution in [-0.2, 0) is 0 Å². The van der Waals surface area contributed by atoms with E-state index in [0.29, 0.717) is 28.7 Å². The largest absolute Gasteiger partial charge is 0.383 e. The molecule has 3 unspecified atom stereocenters. The van der Waals surface area contributed by atoms with Crippen LogP contribution in [0.15, 0.2) is 12.3 Å².